The molecule has 1 atom stereocenters. The van der Waals surface area contributed by atoms with E-state index in [0.29, 0.717) is 23.7 Å². The zero-order chi connectivity index (χ0) is 23.6. The van der Waals surface area contributed by atoms with Crippen molar-refractivity contribution >= 4 is 17.3 Å². The van der Waals surface area contributed by atoms with E-state index in [1.54, 1.807) is 17.0 Å². The third-order valence-corrected chi connectivity index (χ3v) is 6.62. The van der Waals surface area contributed by atoms with Crippen LogP contribution in [0.5, 0.6) is 5.75 Å². The monoisotopic (exact) mass is 467 g/mol. The van der Waals surface area contributed by atoms with Crippen LogP contribution in [0, 0.1) is 5.92 Å². The van der Waals surface area contributed by atoms with Gasteiger partial charge < -0.3 is 14.0 Å². The van der Waals surface area contributed by atoms with E-state index in [1.807, 2.05) is 41.8 Å². The first-order valence-corrected chi connectivity index (χ1v) is 12.5. The van der Waals surface area contributed by atoms with Crippen molar-refractivity contribution in [3.05, 3.63) is 64.4 Å². The number of hydrogen-bond acceptors (Lipinski definition) is 5. The van der Waals surface area contributed by atoms with E-state index in [4.69, 9.17) is 9.47 Å². The van der Waals surface area contributed by atoms with Crippen LogP contribution in [0.1, 0.15) is 46.0 Å². The maximum atomic E-state index is 13.3. The van der Waals surface area contributed by atoms with E-state index < -0.39 is 0 Å². The maximum absolute atomic E-state index is 13.3. The summed E-state index contributed by atoms with van der Waals surface area (Å²) in [5, 5.41) is 1.94. The van der Waals surface area contributed by atoms with Crippen molar-refractivity contribution < 1.29 is 14.3 Å². The van der Waals surface area contributed by atoms with Gasteiger partial charge in [0.2, 0.25) is 0 Å². The molecule has 0 aliphatic carbocycles. The molecule has 0 spiro atoms. The minimum atomic E-state index is -0.366. The van der Waals surface area contributed by atoms with Crippen molar-refractivity contribution in [2.45, 2.75) is 52.5 Å². The molecule has 0 radical (unpaired) electrons. The molecule has 1 unspecified atom stereocenters. The van der Waals surface area contributed by atoms with Crippen LogP contribution in [0.15, 0.2) is 59.0 Å². The summed E-state index contributed by atoms with van der Waals surface area (Å²) in [6.07, 6.45) is 9.39. The Morgan fingerprint density at radius 1 is 1.03 bits per heavy atom. The number of unbranched alkanes of at least 4 members (excludes halogenated alkanes) is 1. The number of rotatable bonds is 12. The van der Waals surface area contributed by atoms with Crippen molar-refractivity contribution in [2.75, 3.05) is 13.7 Å². The Labute approximate surface area is 200 Å². The topological polar surface area (TPSA) is 57.5 Å². The first-order chi connectivity index (χ1) is 16.0. The van der Waals surface area contributed by atoms with E-state index >= 15 is 0 Å². The van der Waals surface area contributed by atoms with Crippen LogP contribution in [0.3, 0.4) is 0 Å². The maximum Gasteiger partial charge on any atom is 0.325 e. The van der Waals surface area contributed by atoms with Gasteiger partial charge in [-0.05, 0) is 47.9 Å². The first-order valence-electron chi connectivity index (χ1n) is 11.6. The second-order valence-corrected chi connectivity index (χ2v) is 9.22. The normalized spacial score (nSPS) is 11.8. The second kappa shape index (κ2) is 12.4. The zero-order valence-electron chi connectivity index (χ0n) is 19.7. The number of hydrogen-bond donors (Lipinski definition) is 0. The number of methoxy groups -OCH3 is 1. The van der Waals surface area contributed by atoms with Crippen LogP contribution in [0.2, 0.25) is 0 Å². The molecule has 2 aromatic heterocycles. The average molecular weight is 468 g/mol. The molecule has 3 rings (SSSR count). The molecule has 6 heteroatoms. The van der Waals surface area contributed by atoms with Crippen molar-refractivity contribution in [1.29, 1.82) is 0 Å². The molecule has 0 aliphatic rings. The minimum absolute atomic E-state index is 0.0416. The van der Waals surface area contributed by atoms with E-state index in [0.717, 1.165) is 22.6 Å². The smallest absolute Gasteiger partial charge is 0.325 e. The predicted molar refractivity (Wildman–Crippen MR) is 135 cm³/mol. The van der Waals surface area contributed by atoms with E-state index in [9.17, 15) is 9.59 Å². The number of benzene rings is 1. The summed E-state index contributed by atoms with van der Waals surface area (Å²) < 4.78 is 12.6. The summed E-state index contributed by atoms with van der Waals surface area (Å²) >= 11 is 1.50. The number of pyridine rings is 1. The average Bonchev–Trinajstić information content (AvgIpc) is 3.37. The van der Waals surface area contributed by atoms with Gasteiger partial charge in [-0.1, -0.05) is 51.3 Å². The molecule has 0 N–H and O–H groups in total. The van der Waals surface area contributed by atoms with E-state index in [1.165, 1.54) is 44.1 Å². The zero-order valence-corrected chi connectivity index (χ0v) is 20.5. The first kappa shape index (κ1) is 24.8. The summed E-state index contributed by atoms with van der Waals surface area (Å²) in [6.45, 7) is 5.19. The van der Waals surface area contributed by atoms with Gasteiger partial charge in [0.1, 0.15) is 12.3 Å². The molecule has 0 saturated carbocycles. The van der Waals surface area contributed by atoms with Gasteiger partial charge in [-0.2, -0.15) is 0 Å². The molecule has 5 nitrogen and oxygen atoms in total. The molecule has 0 aliphatic heterocycles. The van der Waals surface area contributed by atoms with Gasteiger partial charge in [-0.15, -0.1) is 11.3 Å². The third kappa shape index (κ3) is 6.81. The van der Waals surface area contributed by atoms with Crippen LogP contribution in [0.25, 0.3) is 21.6 Å². The molecule has 0 amide bonds. The molecule has 2 heterocycles. The fraction of sp³-hybridized carbons (Fsp3) is 0.407. The minimum Gasteiger partial charge on any atom is -0.493 e. The summed E-state index contributed by atoms with van der Waals surface area (Å²) in [5.74, 6) is 1.01. The van der Waals surface area contributed by atoms with E-state index in [2.05, 4.69) is 13.8 Å². The molecule has 0 bridgehead atoms. The van der Waals surface area contributed by atoms with Gasteiger partial charge >= 0.3 is 5.97 Å². The fourth-order valence-corrected chi connectivity index (χ4v) is 4.64. The van der Waals surface area contributed by atoms with Crippen molar-refractivity contribution in [3.63, 3.8) is 0 Å². The van der Waals surface area contributed by atoms with Crippen LogP contribution in [-0.2, 0) is 16.1 Å². The lowest BCUT2D eigenvalue weighted by molar-refractivity contribution is -0.141. The van der Waals surface area contributed by atoms with Gasteiger partial charge in [0.15, 0.2) is 5.43 Å². The van der Waals surface area contributed by atoms with Crippen molar-refractivity contribution in [2.24, 2.45) is 5.92 Å². The lowest BCUT2D eigenvalue weighted by Gasteiger charge is -2.17. The highest BCUT2D eigenvalue weighted by Gasteiger charge is 2.14. The summed E-state index contributed by atoms with van der Waals surface area (Å²) in [4.78, 5) is 26.0. The Bertz CT molecular complexity index is 1070. The molecular weight excluding hydrogens is 434 g/mol. The molecule has 176 valence electrons. The SMILES string of the molecule is CCCCC(CCC)COc1ccc(-c2cn(CC(=O)OC)cc(-c3cccs3)c2=O)cc1. The van der Waals surface area contributed by atoms with Crippen molar-refractivity contribution in [3.8, 4) is 27.3 Å². The van der Waals surface area contributed by atoms with Crippen LogP contribution in [0.4, 0.5) is 0 Å². The molecule has 33 heavy (non-hydrogen) atoms. The number of aromatic nitrogens is 1. The fourth-order valence-electron chi connectivity index (χ4n) is 3.91. The van der Waals surface area contributed by atoms with E-state index in [-0.39, 0.29) is 17.9 Å². The second-order valence-electron chi connectivity index (χ2n) is 8.27. The summed E-state index contributed by atoms with van der Waals surface area (Å²) in [6, 6.07) is 11.5. The number of carbonyl (C=O) groups is 1. The molecule has 3 aromatic rings. The largest absolute Gasteiger partial charge is 0.493 e. The van der Waals surface area contributed by atoms with Crippen molar-refractivity contribution in [1.82, 2.24) is 4.57 Å². The highest BCUT2D eigenvalue weighted by atomic mass is 32.1. The quantitative estimate of drug-likeness (QED) is 0.289. The molecule has 1 aromatic carbocycles. The summed E-state index contributed by atoms with van der Waals surface area (Å²) in [5.41, 5.74) is 1.85. The number of nitrogens with zero attached hydrogens (tertiary/aromatic N) is 1. The van der Waals surface area contributed by atoms with Gasteiger partial charge in [0.05, 0.1) is 19.3 Å². The predicted octanol–water partition coefficient (Wildman–Crippen LogP) is 6.40. The Morgan fingerprint density at radius 3 is 2.42 bits per heavy atom. The number of esters is 1. The Balaban J connectivity index is 1.84. The highest BCUT2D eigenvalue weighted by Crippen LogP contribution is 2.26. The summed E-state index contributed by atoms with van der Waals surface area (Å²) in [7, 11) is 1.36. The van der Waals surface area contributed by atoms with Crippen LogP contribution < -0.4 is 10.2 Å². The lowest BCUT2D eigenvalue weighted by atomic mass is 9.98. The molecular formula is C27H33NO4S. The number of ether oxygens (including phenoxy) is 2. The molecule has 0 fully saturated rings. The number of thiophene rings is 1. The Kier molecular flexibility index (Phi) is 9.31. The third-order valence-electron chi connectivity index (χ3n) is 5.72. The van der Waals surface area contributed by atoms with Gasteiger partial charge in [0, 0.05) is 22.8 Å². The standard InChI is InChI=1S/C27H33NO4S/c1-4-6-9-20(8-5-2)19-32-22-13-11-21(12-14-22)23-16-28(18-26(29)31-3)17-24(27(23)30)25-10-7-15-33-25/h7,10-17,20H,4-6,8-9,18-19H2,1-3H3. The Hall–Kier alpha value is -2.86. The van der Waals surface area contributed by atoms with Crippen LogP contribution in [-0.4, -0.2) is 24.3 Å². The Morgan fingerprint density at radius 2 is 1.79 bits per heavy atom. The van der Waals surface area contributed by atoms with Gasteiger partial charge in [-0.3, -0.25) is 9.59 Å². The van der Waals surface area contributed by atoms with Crippen LogP contribution >= 0.6 is 11.3 Å². The highest BCUT2D eigenvalue weighted by molar-refractivity contribution is 7.13. The number of carbonyl (C=O) groups excluding carboxylic acids is 1. The molecule has 0 saturated heterocycles. The van der Waals surface area contributed by atoms with Gasteiger partial charge in [0.25, 0.3) is 0 Å². The van der Waals surface area contributed by atoms with Gasteiger partial charge in [-0.25, -0.2) is 0 Å². The lowest BCUT2D eigenvalue weighted by Crippen LogP contribution is -2.17.